The highest BCUT2D eigenvalue weighted by molar-refractivity contribution is 5.81. The lowest BCUT2D eigenvalue weighted by Crippen LogP contribution is -2.37. The summed E-state index contributed by atoms with van der Waals surface area (Å²) in [5.74, 6) is -2.84. The Morgan fingerprint density at radius 2 is 1.62 bits per heavy atom. The molecule has 0 aliphatic carbocycles. The van der Waals surface area contributed by atoms with Crippen LogP contribution >= 0.6 is 0 Å². The summed E-state index contributed by atoms with van der Waals surface area (Å²) < 4.78 is 39.3. The molecule has 0 radical (unpaired) electrons. The van der Waals surface area contributed by atoms with Crippen molar-refractivity contribution in [3.05, 3.63) is 84.4 Å². The molecule has 0 amide bonds. The molecule has 3 aromatic heterocycles. The van der Waals surface area contributed by atoms with Gasteiger partial charge in [0.2, 0.25) is 0 Å². The number of nitrogens with one attached hydrogen (secondary N) is 1. The minimum absolute atomic E-state index is 0.136. The molecule has 0 spiro atoms. The summed E-state index contributed by atoms with van der Waals surface area (Å²) in [6, 6.07) is 19.7. The number of pyridine rings is 1. The lowest BCUT2D eigenvalue weighted by atomic mass is 10.1. The third-order valence-electron chi connectivity index (χ3n) is 6.72. The molecule has 232 valence electrons. The van der Waals surface area contributed by atoms with E-state index >= 15 is 0 Å². The van der Waals surface area contributed by atoms with E-state index in [1.165, 1.54) is 0 Å². The summed E-state index contributed by atoms with van der Waals surface area (Å²) in [6.07, 6.45) is 2.72. The minimum atomic E-state index is -5.08. The van der Waals surface area contributed by atoms with Gasteiger partial charge in [-0.15, -0.1) is 0 Å². The van der Waals surface area contributed by atoms with Crippen molar-refractivity contribution in [3.63, 3.8) is 0 Å². The fourth-order valence-electron chi connectivity index (χ4n) is 4.56. The van der Waals surface area contributed by atoms with E-state index in [0.717, 1.165) is 63.8 Å². The molecule has 0 unspecified atom stereocenters. The Morgan fingerprint density at radius 3 is 2.31 bits per heavy atom. The first-order valence-corrected chi connectivity index (χ1v) is 13.7. The van der Waals surface area contributed by atoms with Crippen LogP contribution in [0.2, 0.25) is 0 Å². The van der Waals surface area contributed by atoms with Crippen molar-refractivity contribution in [2.75, 3.05) is 43.1 Å². The molecular formula is C31H27F3N6O5. The van der Waals surface area contributed by atoms with Crippen molar-refractivity contribution < 1.29 is 37.7 Å². The van der Waals surface area contributed by atoms with Crippen LogP contribution < -0.4 is 10.2 Å². The number of alkyl halides is 3. The van der Waals surface area contributed by atoms with Gasteiger partial charge in [0.25, 0.3) is 0 Å². The van der Waals surface area contributed by atoms with Gasteiger partial charge < -0.3 is 25.2 Å². The quantitative estimate of drug-likeness (QED) is 0.226. The second-order valence-corrected chi connectivity index (χ2v) is 9.82. The number of benzene rings is 2. The Hall–Kier alpha value is -5.50. The number of imidazole rings is 1. The SMILES string of the molecule is O=C(O)C(F)(F)F.O=C(O)CNc1ccc(-c2cnc(N3CCOCC3)c3nc(/C=C/c4ccc5ccccc5n4)cn23)cc1. The number of hydrogen-bond donors (Lipinski definition) is 3. The first-order chi connectivity index (χ1) is 21.6. The van der Waals surface area contributed by atoms with Crippen LogP contribution in [0, 0.1) is 0 Å². The maximum Gasteiger partial charge on any atom is 0.490 e. The largest absolute Gasteiger partial charge is 0.490 e. The molecule has 1 saturated heterocycles. The zero-order valence-corrected chi connectivity index (χ0v) is 23.6. The van der Waals surface area contributed by atoms with Gasteiger partial charge in [0.05, 0.1) is 42.0 Å². The maximum absolute atomic E-state index is 10.9. The van der Waals surface area contributed by atoms with Crippen molar-refractivity contribution >= 4 is 52.1 Å². The predicted octanol–water partition coefficient (Wildman–Crippen LogP) is 5.08. The van der Waals surface area contributed by atoms with E-state index in [1.807, 2.05) is 79.1 Å². The number of rotatable bonds is 7. The second kappa shape index (κ2) is 13.4. The first kappa shape index (κ1) is 30.9. The highest BCUT2D eigenvalue weighted by Gasteiger charge is 2.38. The van der Waals surface area contributed by atoms with Gasteiger partial charge in [0.15, 0.2) is 11.5 Å². The summed E-state index contributed by atoms with van der Waals surface area (Å²) in [5.41, 5.74) is 5.94. The maximum atomic E-state index is 10.9. The van der Waals surface area contributed by atoms with Gasteiger partial charge in [0, 0.05) is 35.9 Å². The van der Waals surface area contributed by atoms with Crippen LogP contribution in [0.25, 0.3) is 40.0 Å². The van der Waals surface area contributed by atoms with Gasteiger partial charge in [-0.25, -0.2) is 19.7 Å². The molecule has 11 nitrogen and oxygen atoms in total. The minimum Gasteiger partial charge on any atom is -0.480 e. The van der Waals surface area contributed by atoms with E-state index in [-0.39, 0.29) is 6.54 Å². The van der Waals surface area contributed by atoms with Crippen molar-refractivity contribution in [1.29, 1.82) is 0 Å². The van der Waals surface area contributed by atoms with E-state index in [0.29, 0.717) is 13.2 Å². The molecule has 0 atom stereocenters. The number of carboxylic acids is 2. The number of hydrogen-bond acceptors (Lipinski definition) is 8. The van der Waals surface area contributed by atoms with E-state index in [4.69, 9.17) is 34.7 Å². The Balaban J connectivity index is 0.000000515. The molecule has 45 heavy (non-hydrogen) atoms. The van der Waals surface area contributed by atoms with Gasteiger partial charge in [-0.3, -0.25) is 9.20 Å². The van der Waals surface area contributed by atoms with Crippen molar-refractivity contribution in [2.24, 2.45) is 0 Å². The third-order valence-corrected chi connectivity index (χ3v) is 6.72. The molecule has 14 heteroatoms. The number of ether oxygens (including phenoxy) is 1. The molecule has 3 N–H and O–H groups in total. The number of carboxylic acid groups (broad SMARTS) is 2. The molecule has 0 saturated carbocycles. The Kier molecular flexibility index (Phi) is 9.23. The first-order valence-electron chi connectivity index (χ1n) is 13.7. The van der Waals surface area contributed by atoms with Gasteiger partial charge in [-0.05, 0) is 36.4 Å². The van der Waals surface area contributed by atoms with Crippen LogP contribution in [0.3, 0.4) is 0 Å². The number of morpholine rings is 1. The molecule has 6 rings (SSSR count). The fraction of sp³-hybridized carbons (Fsp3) is 0.194. The number of halogens is 3. The molecule has 2 aromatic carbocycles. The molecule has 1 aliphatic rings. The Labute approximate surface area is 254 Å². The molecule has 0 bridgehead atoms. The van der Waals surface area contributed by atoms with Crippen LogP contribution in [0.15, 0.2) is 73.1 Å². The summed E-state index contributed by atoms with van der Waals surface area (Å²) in [4.78, 5) is 36.5. The number of carbonyl (C=O) groups is 2. The molecule has 5 aromatic rings. The van der Waals surface area contributed by atoms with E-state index in [2.05, 4.69) is 20.7 Å². The van der Waals surface area contributed by atoms with Crippen LogP contribution in [0.5, 0.6) is 0 Å². The monoisotopic (exact) mass is 620 g/mol. The highest BCUT2D eigenvalue weighted by atomic mass is 19.4. The van der Waals surface area contributed by atoms with E-state index in [9.17, 15) is 18.0 Å². The van der Waals surface area contributed by atoms with Gasteiger partial charge in [-0.1, -0.05) is 36.4 Å². The summed E-state index contributed by atoms with van der Waals surface area (Å²) in [6.45, 7) is 2.68. The second-order valence-electron chi connectivity index (χ2n) is 9.82. The van der Waals surface area contributed by atoms with Crippen LogP contribution in [0.1, 0.15) is 11.4 Å². The number of nitrogens with zero attached hydrogens (tertiary/aromatic N) is 5. The van der Waals surface area contributed by atoms with Crippen molar-refractivity contribution in [3.8, 4) is 11.3 Å². The average Bonchev–Trinajstić information content (AvgIpc) is 3.47. The molecule has 1 aliphatic heterocycles. The predicted molar refractivity (Wildman–Crippen MR) is 162 cm³/mol. The topological polar surface area (TPSA) is 142 Å². The van der Waals surface area contributed by atoms with Gasteiger partial charge >= 0.3 is 18.1 Å². The zero-order valence-electron chi connectivity index (χ0n) is 23.6. The van der Waals surface area contributed by atoms with Crippen molar-refractivity contribution in [2.45, 2.75) is 6.18 Å². The number of para-hydroxylation sites is 1. The molecular weight excluding hydrogens is 593 g/mol. The summed E-state index contributed by atoms with van der Waals surface area (Å²) in [7, 11) is 0. The summed E-state index contributed by atoms with van der Waals surface area (Å²) >= 11 is 0. The van der Waals surface area contributed by atoms with Gasteiger partial charge in [-0.2, -0.15) is 13.2 Å². The van der Waals surface area contributed by atoms with Gasteiger partial charge in [0.1, 0.15) is 6.54 Å². The molecule has 1 fully saturated rings. The van der Waals surface area contributed by atoms with Crippen LogP contribution in [-0.4, -0.2) is 80.5 Å². The van der Waals surface area contributed by atoms with E-state index in [1.54, 1.807) is 0 Å². The normalized spacial score (nSPS) is 13.5. The summed E-state index contributed by atoms with van der Waals surface area (Å²) in [5, 5.41) is 20.0. The molecule has 4 heterocycles. The lowest BCUT2D eigenvalue weighted by Gasteiger charge is -2.28. The number of fused-ring (bicyclic) bond motifs is 2. The van der Waals surface area contributed by atoms with Crippen LogP contribution in [-0.2, 0) is 14.3 Å². The van der Waals surface area contributed by atoms with E-state index < -0.39 is 18.1 Å². The highest BCUT2D eigenvalue weighted by Crippen LogP contribution is 2.28. The smallest absolute Gasteiger partial charge is 0.480 e. The average molecular weight is 621 g/mol. The number of aromatic nitrogens is 4. The Bertz CT molecular complexity index is 1850. The fourth-order valence-corrected chi connectivity index (χ4v) is 4.56. The van der Waals surface area contributed by atoms with Crippen molar-refractivity contribution in [1.82, 2.24) is 19.4 Å². The Morgan fingerprint density at radius 1 is 0.933 bits per heavy atom. The number of aliphatic carboxylic acids is 2. The number of anilines is 2. The lowest BCUT2D eigenvalue weighted by molar-refractivity contribution is -0.192. The van der Waals surface area contributed by atoms with Crippen LogP contribution in [0.4, 0.5) is 24.7 Å². The third kappa shape index (κ3) is 7.72. The zero-order chi connectivity index (χ0) is 32.0. The standard InChI is InChI=1S/C29H26N6O3.C2HF3O2/c36-27(37)18-30-22-8-6-21(7-9-22)26-17-31-28(34-13-15-38-16-14-34)29-33-24(19-35(26)29)12-11-23-10-5-20-3-1-2-4-25(20)32-23;3-2(4,5)1(6)7/h1-12,17,19,30H,13-16,18H2,(H,36,37);(H,6,7)/b12-11+;.